The van der Waals surface area contributed by atoms with Crippen LogP contribution >= 0.6 is 0 Å². The summed E-state index contributed by atoms with van der Waals surface area (Å²) in [5, 5.41) is 3.57. The third kappa shape index (κ3) is 2.38. The van der Waals surface area contributed by atoms with Gasteiger partial charge in [0.2, 0.25) is 0 Å². The van der Waals surface area contributed by atoms with Crippen LogP contribution in [0.1, 0.15) is 31.2 Å². The minimum Gasteiger partial charge on any atom is -0.313 e. The van der Waals surface area contributed by atoms with E-state index in [0.717, 1.165) is 24.5 Å². The van der Waals surface area contributed by atoms with Crippen molar-refractivity contribution in [3.63, 3.8) is 0 Å². The minimum atomic E-state index is 0.733. The fraction of sp³-hybridized carbons (Fsp3) is 0.600. The molecule has 92 valence electrons. The van der Waals surface area contributed by atoms with Crippen LogP contribution in [-0.4, -0.2) is 36.6 Å². The van der Waals surface area contributed by atoms with Crippen molar-refractivity contribution in [2.24, 2.45) is 0 Å². The molecule has 3 atom stereocenters. The molecule has 3 rings (SSSR count). The first kappa shape index (κ1) is 11.2. The quantitative estimate of drug-likeness (QED) is 0.853. The summed E-state index contributed by atoms with van der Waals surface area (Å²) in [5.74, 6) is 0.802. The van der Waals surface area contributed by atoms with Crippen molar-refractivity contribution in [2.75, 3.05) is 19.6 Å². The van der Waals surface area contributed by atoms with E-state index in [-0.39, 0.29) is 0 Å². The van der Waals surface area contributed by atoms with Gasteiger partial charge < -0.3 is 5.32 Å². The highest BCUT2D eigenvalue weighted by atomic mass is 15.2. The topological polar surface area (TPSA) is 15.3 Å². The standard InChI is InChI=1S/C15H22N2/c1-2-16-13-8-9-17(11-13)15-10-14(15)12-6-4-3-5-7-12/h3-7,13-16H,2,8-11H2,1H3. The molecule has 2 heteroatoms. The second-order valence-electron chi connectivity index (χ2n) is 5.36. The van der Waals surface area contributed by atoms with Crippen molar-refractivity contribution in [2.45, 2.75) is 37.8 Å². The number of likely N-dealkylation sites (N-methyl/N-ethyl adjacent to an activating group) is 1. The smallest absolute Gasteiger partial charge is 0.0207 e. The summed E-state index contributed by atoms with van der Waals surface area (Å²) in [4.78, 5) is 2.69. The van der Waals surface area contributed by atoms with Gasteiger partial charge in [-0.2, -0.15) is 0 Å². The van der Waals surface area contributed by atoms with Crippen LogP contribution in [0.15, 0.2) is 30.3 Å². The SMILES string of the molecule is CCNC1CCN(C2CC2c2ccccc2)C1. The van der Waals surface area contributed by atoms with Crippen molar-refractivity contribution in [1.29, 1.82) is 0 Å². The number of hydrogen-bond donors (Lipinski definition) is 1. The molecule has 3 unspecified atom stereocenters. The molecule has 1 aliphatic carbocycles. The monoisotopic (exact) mass is 230 g/mol. The predicted octanol–water partition coefficient (Wildman–Crippen LogP) is 2.23. The van der Waals surface area contributed by atoms with Crippen molar-refractivity contribution in [1.82, 2.24) is 10.2 Å². The Morgan fingerprint density at radius 3 is 2.88 bits per heavy atom. The van der Waals surface area contributed by atoms with Crippen LogP contribution in [0.2, 0.25) is 0 Å². The van der Waals surface area contributed by atoms with E-state index in [1.807, 2.05) is 0 Å². The molecule has 1 aromatic carbocycles. The average molecular weight is 230 g/mol. The average Bonchev–Trinajstić information content (AvgIpc) is 3.04. The largest absolute Gasteiger partial charge is 0.313 e. The van der Waals surface area contributed by atoms with Crippen molar-refractivity contribution < 1.29 is 0 Å². The van der Waals surface area contributed by atoms with E-state index in [1.165, 1.54) is 31.5 Å². The molecule has 17 heavy (non-hydrogen) atoms. The molecule has 2 fully saturated rings. The molecular formula is C15H22N2. The molecule has 0 amide bonds. The highest BCUT2D eigenvalue weighted by Gasteiger charge is 2.44. The van der Waals surface area contributed by atoms with Crippen LogP contribution in [0.25, 0.3) is 0 Å². The molecule has 1 saturated heterocycles. The van der Waals surface area contributed by atoms with Gasteiger partial charge in [0, 0.05) is 31.1 Å². The van der Waals surface area contributed by atoms with Gasteiger partial charge in [0.15, 0.2) is 0 Å². The lowest BCUT2D eigenvalue weighted by Crippen LogP contribution is -2.33. The fourth-order valence-electron chi connectivity index (χ4n) is 3.19. The highest BCUT2D eigenvalue weighted by molar-refractivity contribution is 5.28. The van der Waals surface area contributed by atoms with E-state index in [2.05, 4.69) is 47.5 Å². The first-order chi connectivity index (χ1) is 8.38. The van der Waals surface area contributed by atoms with Gasteiger partial charge in [0.1, 0.15) is 0 Å². The Bertz CT molecular complexity index is 362. The summed E-state index contributed by atoms with van der Waals surface area (Å²) in [6, 6.07) is 12.5. The summed E-state index contributed by atoms with van der Waals surface area (Å²) in [5.41, 5.74) is 1.53. The van der Waals surface area contributed by atoms with Crippen molar-refractivity contribution >= 4 is 0 Å². The zero-order valence-electron chi connectivity index (χ0n) is 10.6. The Kier molecular flexibility index (Phi) is 3.17. The van der Waals surface area contributed by atoms with Gasteiger partial charge in [-0.1, -0.05) is 37.3 Å². The Balaban J connectivity index is 1.56. The van der Waals surface area contributed by atoms with Gasteiger partial charge in [-0.3, -0.25) is 4.90 Å². The van der Waals surface area contributed by atoms with Gasteiger partial charge in [0.25, 0.3) is 0 Å². The Morgan fingerprint density at radius 1 is 1.29 bits per heavy atom. The maximum absolute atomic E-state index is 3.57. The molecular weight excluding hydrogens is 208 g/mol. The number of rotatable bonds is 4. The highest BCUT2D eigenvalue weighted by Crippen LogP contribution is 2.45. The van der Waals surface area contributed by atoms with E-state index in [4.69, 9.17) is 0 Å². The number of hydrogen-bond acceptors (Lipinski definition) is 2. The van der Waals surface area contributed by atoms with Crippen LogP contribution in [-0.2, 0) is 0 Å². The molecule has 0 bridgehead atoms. The van der Waals surface area contributed by atoms with Gasteiger partial charge >= 0.3 is 0 Å². The summed E-state index contributed by atoms with van der Waals surface area (Å²) in [6.45, 7) is 5.84. The lowest BCUT2D eigenvalue weighted by Gasteiger charge is -2.16. The molecule has 1 aromatic rings. The van der Waals surface area contributed by atoms with E-state index in [9.17, 15) is 0 Å². The van der Waals surface area contributed by atoms with E-state index in [0.29, 0.717) is 0 Å². The normalized spacial score (nSPS) is 32.9. The molecule has 1 heterocycles. The minimum absolute atomic E-state index is 0.733. The summed E-state index contributed by atoms with van der Waals surface area (Å²) >= 11 is 0. The molecule has 1 N–H and O–H groups in total. The van der Waals surface area contributed by atoms with Crippen LogP contribution in [0.5, 0.6) is 0 Å². The van der Waals surface area contributed by atoms with Gasteiger partial charge in [-0.05, 0) is 24.9 Å². The van der Waals surface area contributed by atoms with Gasteiger partial charge in [-0.25, -0.2) is 0 Å². The van der Waals surface area contributed by atoms with Crippen LogP contribution in [0.3, 0.4) is 0 Å². The predicted molar refractivity (Wildman–Crippen MR) is 71.2 cm³/mol. The zero-order valence-corrected chi connectivity index (χ0v) is 10.6. The van der Waals surface area contributed by atoms with Gasteiger partial charge in [0.05, 0.1) is 0 Å². The van der Waals surface area contributed by atoms with Crippen LogP contribution < -0.4 is 5.32 Å². The number of nitrogens with one attached hydrogen (secondary N) is 1. The number of nitrogens with zero attached hydrogens (tertiary/aromatic N) is 1. The molecule has 0 radical (unpaired) electrons. The molecule has 1 aliphatic heterocycles. The molecule has 0 spiro atoms. The maximum atomic E-state index is 3.57. The third-order valence-corrected chi connectivity index (χ3v) is 4.17. The molecule has 1 saturated carbocycles. The number of benzene rings is 1. The number of likely N-dealkylation sites (tertiary alicyclic amines) is 1. The Hall–Kier alpha value is -0.860. The van der Waals surface area contributed by atoms with Crippen LogP contribution in [0.4, 0.5) is 0 Å². The molecule has 0 aromatic heterocycles. The van der Waals surface area contributed by atoms with E-state index >= 15 is 0 Å². The molecule has 2 nitrogen and oxygen atoms in total. The molecule has 2 aliphatic rings. The zero-order chi connectivity index (χ0) is 11.7. The Labute approximate surface area is 104 Å². The summed E-state index contributed by atoms with van der Waals surface area (Å²) in [7, 11) is 0. The first-order valence-electron chi connectivity index (χ1n) is 6.91. The Morgan fingerprint density at radius 2 is 2.12 bits per heavy atom. The lowest BCUT2D eigenvalue weighted by atomic mass is 10.1. The second kappa shape index (κ2) is 4.79. The lowest BCUT2D eigenvalue weighted by molar-refractivity contribution is 0.313. The van der Waals surface area contributed by atoms with Gasteiger partial charge in [-0.15, -0.1) is 0 Å². The second-order valence-corrected chi connectivity index (χ2v) is 5.36. The fourth-order valence-corrected chi connectivity index (χ4v) is 3.19. The summed E-state index contributed by atoms with van der Waals surface area (Å²) < 4.78 is 0. The third-order valence-electron chi connectivity index (χ3n) is 4.17. The van der Waals surface area contributed by atoms with Crippen molar-refractivity contribution in [3.05, 3.63) is 35.9 Å². The summed E-state index contributed by atoms with van der Waals surface area (Å²) in [6.07, 6.45) is 2.69. The van der Waals surface area contributed by atoms with E-state index in [1.54, 1.807) is 0 Å². The van der Waals surface area contributed by atoms with Crippen molar-refractivity contribution in [3.8, 4) is 0 Å². The maximum Gasteiger partial charge on any atom is 0.0207 e. The van der Waals surface area contributed by atoms with E-state index < -0.39 is 0 Å². The first-order valence-corrected chi connectivity index (χ1v) is 6.91. The van der Waals surface area contributed by atoms with Crippen LogP contribution in [0, 0.1) is 0 Å².